The molecule has 1 aromatic rings. The average Bonchev–Trinajstić information content (AvgIpc) is 3.30. The first-order valence-corrected chi connectivity index (χ1v) is 9.05. The second-order valence-electron chi connectivity index (χ2n) is 7.42. The Kier molecular flexibility index (Phi) is 4.11. The molecule has 0 N–H and O–H groups in total. The van der Waals surface area contributed by atoms with Crippen molar-refractivity contribution in [1.82, 2.24) is 19.7 Å². The van der Waals surface area contributed by atoms with Crippen molar-refractivity contribution in [1.29, 1.82) is 0 Å². The minimum Gasteiger partial charge on any atom is -0.325 e. The van der Waals surface area contributed by atoms with E-state index in [0.717, 1.165) is 44.6 Å². The summed E-state index contributed by atoms with van der Waals surface area (Å²) in [7, 11) is 2.00. The molecule has 1 spiro atoms. The van der Waals surface area contributed by atoms with E-state index in [4.69, 9.17) is 0 Å². The molecule has 3 aliphatic heterocycles. The normalized spacial score (nSPS) is 27.6. The molecule has 1 atom stereocenters. The first-order valence-electron chi connectivity index (χ1n) is 9.05. The van der Waals surface area contributed by atoms with E-state index in [1.165, 1.54) is 0 Å². The van der Waals surface area contributed by atoms with Crippen molar-refractivity contribution < 1.29 is 9.59 Å². The molecule has 7 nitrogen and oxygen atoms in total. The van der Waals surface area contributed by atoms with Gasteiger partial charge in [0.1, 0.15) is 0 Å². The molecule has 3 saturated heterocycles. The number of pyridine rings is 1. The fraction of sp³-hybridized carbons (Fsp3) is 0.611. The average molecular weight is 343 g/mol. The lowest BCUT2D eigenvalue weighted by atomic mass is 9.92. The molecule has 0 aromatic carbocycles. The van der Waals surface area contributed by atoms with Gasteiger partial charge >= 0.3 is 6.03 Å². The summed E-state index contributed by atoms with van der Waals surface area (Å²) in [6.07, 6.45) is 6.56. The van der Waals surface area contributed by atoms with E-state index in [2.05, 4.69) is 9.88 Å². The molecule has 4 heterocycles. The van der Waals surface area contributed by atoms with Gasteiger partial charge in [0.25, 0.3) is 0 Å². The lowest BCUT2D eigenvalue weighted by Gasteiger charge is -2.46. The van der Waals surface area contributed by atoms with Gasteiger partial charge in [0, 0.05) is 38.9 Å². The van der Waals surface area contributed by atoms with Crippen molar-refractivity contribution in [2.75, 3.05) is 51.2 Å². The minimum atomic E-state index is -0.168. The topological polar surface area (TPSA) is 60.0 Å². The Bertz CT molecular complexity index is 661. The molecule has 1 aromatic heterocycles. The van der Waals surface area contributed by atoms with Crippen molar-refractivity contribution in [3.05, 3.63) is 24.5 Å². The van der Waals surface area contributed by atoms with Gasteiger partial charge < -0.3 is 14.7 Å². The summed E-state index contributed by atoms with van der Waals surface area (Å²) in [4.78, 5) is 37.3. The number of carbonyl (C=O) groups is 2. The summed E-state index contributed by atoms with van der Waals surface area (Å²) in [5, 5.41) is 0. The molecule has 7 heteroatoms. The highest BCUT2D eigenvalue weighted by Crippen LogP contribution is 2.33. The number of aromatic nitrogens is 1. The fourth-order valence-corrected chi connectivity index (χ4v) is 4.28. The first kappa shape index (κ1) is 16.3. The minimum absolute atomic E-state index is 0.0884. The van der Waals surface area contributed by atoms with Crippen molar-refractivity contribution in [3.63, 3.8) is 0 Å². The molecule has 134 valence electrons. The maximum atomic E-state index is 12.7. The van der Waals surface area contributed by atoms with Crippen LogP contribution in [-0.4, -0.2) is 83.5 Å². The molecule has 3 amide bonds. The van der Waals surface area contributed by atoms with Crippen molar-refractivity contribution >= 4 is 17.6 Å². The molecule has 3 aliphatic rings. The van der Waals surface area contributed by atoms with E-state index in [0.29, 0.717) is 19.6 Å². The number of likely N-dealkylation sites (N-methyl/N-ethyl adjacent to an activating group) is 1. The fourth-order valence-electron chi connectivity index (χ4n) is 4.28. The maximum Gasteiger partial charge on any atom is 0.320 e. The molecule has 0 bridgehead atoms. The van der Waals surface area contributed by atoms with Gasteiger partial charge in [-0.1, -0.05) is 0 Å². The van der Waals surface area contributed by atoms with Gasteiger partial charge in [0.2, 0.25) is 5.91 Å². The number of hydrogen-bond donors (Lipinski definition) is 0. The van der Waals surface area contributed by atoms with Crippen LogP contribution >= 0.6 is 0 Å². The van der Waals surface area contributed by atoms with Gasteiger partial charge in [-0.25, -0.2) is 4.79 Å². The predicted octanol–water partition coefficient (Wildman–Crippen LogP) is 1.02. The number of nitrogens with zero attached hydrogens (tertiary/aromatic N) is 5. The molecule has 25 heavy (non-hydrogen) atoms. The third-order valence-electron chi connectivity index (χ3n) is 5.87. The van der Waals surface area contributed by atoms with Crippen molar-refractivity contribution in [3.8, 4) is 0 Å². The molecule has 3 fully saturated rings. The number of rotatable bonds is 1. The first-order chi connectivity index (χ1) is 12.1. The summed E-state index contributed by atoms with van der Waals surface area (Å²) >= 11 is 0. The lowest BCUT2D eigenvalue weighted by molar-refractivity contribution is -0.123. The predicted molar refractivity (Wildman–Crippen MR) is 94.3 cm³/mol. The zero-order valence-corrected chi connectivity index (χ0v) is 14.7. The number of carbonyl (C=O) groups excluding carboxylic acids is 2. The second-order valence-corrected chi connectivity index (χ2v) is 7.42. The molecule has 4 rings (SSSR count). The van der Waals surface area contributed by atoms with Crippen LogP contribution in [0.15, 0.2) is 24.5 Å². The second kappa shape index (κ2) is 6.29. The molecular formula is C18H25N5O2. The van der Waals surface area contributed by atoms with Crippen LogP contribution in [0.3, 0.4) is 0 Å². The number of urea groups is 1. The van der Waals surface area contributed by atoms with E-state index in [-0.39, 0.29) is 17.5 Å². The van der Waals surface area contributed by atoms with Crippen molar-refractivity contribution in [2.24, 2.45) is 0 Å². The quantitative estimate of drug-likeness (QED) is 0.764. The number of amides is 3. The smallest absolute Gasteiger partial charge is 0.320 e. The van der Waals surface area contributed by atoms with Gasteiger partial charge in [-0.2, -0.15) is 0 Å². The largest absolute Gasteiger partial charge is 0.325 e. The van der Waals surface area contributed by atoms with E-state index in [9.17, 15) is 9.59 Å². The molecule has 0 saturated carbocycles. The summed E-state index contributed by atoms with van der Waals surface area (Å²) in [6.45, 7) is 4.17. The monoisotopic (exact) mass is 343 g/mol. The van der Waals surface area contributed by atoms with Crippen LogP contribution < -0.4 is 4.90 Å². The maximum absolute atomic E-state index is 12.7. The Balaban J connectivity index is 1.52. The van der Waals surface area contributed by atoms with E-state index in [1.54, 1.807) is 12.4 Å². The standard InChI is InChI=1S/C18H25N5O2/c1-20-12-16(24)23(15-5-4-7-19-11-15)14-18(20)6-10-22(13-18)17(25)21-8-2-3-9-21/h4-5,7,11H,2-3,6,8-10,12-14H2,1H3. The van der Waals surface area contributed by atoms with Crippen LogP contribution in [0.1, 0.15) is 19.3 Å². The van der Waals surface area contributed by atoms with Crippen LogP contribution in [0.25, 0.3) is 0 Å². The third-order valence-corrected chi connectivity index (χ3v) is 5.87. The zero-order valence-electron chi connectivity index (χ0n) is 14.7. The van der Waals surface area contributed by atoms with Gasteiger partial charge in [-0.3, -0.25) is 14.7 Å². The van der Waals surface area contributed by atoms with Gasteiger partial charge in [-0.05, 0) is 38.4 Å². The molecule has 0 aliphatic carbocycles. The van der Waals surface area contributed by atoms with Crippen LogP contribution in [0.5, 0.6) is 0 Å². The third kappa shape index (κ3) is 2.86. The highest BCUT2D eigenvalue weighted by Gasteiger charge is 2.49. The van der Waals surface area contributed by atoms with Gasteiger partial charge in [0.05, 0.1) is 24.0 Å². The van der Waals surface area contributed by atoms with Crippen LogP contribution in [0, 0.1) is 0 Å². The Morgan fingerprint density at radius 3 is 2.68 bits per heavy atom. The molecule has 0 radical (unpaired) electrons. The number of likely N-dealkylation sites (tertiary alicyclic amines) is 2. The Hall–Kier alpha value is -2.15. The molecule has 1 unspecified atom stereocenters. The van der Waals surface area contributed by atoms with E-state index >= 15 is 0 Å². The van der Waals surface area contributed by atoms with Gasteiger partial charge in [0.15, 0.2) is 0 Å². The highest BCUT2D eigenvalue weighted by molar-refractivity contribution is 5.95. The van der Waals surface area contributed by atoms with Crippen LogP contribution in [0.4, 0.5) is 10.5 Å². The number of hydrogen-bond acceptors (Lipinski definition) is 4. The van der Waals surface area contributed by atoms with Crippen LogP contribution in [-0.2, 0) is 4.79 Å². The number of anilines is 1. The van der Waals surface area contributed by atoms with Crippen LogP contribution in [0.2, 0.25) is 0 Å². The summed E-state index contributed by atoms with van der Waals surface area (Å²) < 4.78 is 0. The Morgan fingerprint density at radius 1 is 1.16 bits per heavy atom. The Labute approximate surface area is 148 Å². The number of piperazine rings is 1. The van der Waals surface area contributed by atoms with E-state index < -0.39 is 0 Å². The van der Waals surface area contributed by atoms with E-state index in [1.807, 2.05) is 33.9 Å². The summed E-state index contributed by atoms with van der Waals surface area (Å²) in [5.74, 6) is 0.0884. The summed E-state index contributed by atoms with van der Waals surface area (Å²) in [5.41, 5.74) is 0.670. The zero-order chi connectivity index (χ0) is 17.4. The summed E-state index contributed by atoms with van der Waals surface area (Å²) in [6, 6.07) is 3.94. The Morgan fingerprint density at radius 2 is 1.96 bits per heavy atom. The molecular weight excluding hydrogens is 318 g/mol. The SMILES string of the molecule is CN1CC(=O)N(c2cccnc2)CC12CCN(C(=O)N1CCCC1)C2. The highest BCUT2D eigenvalue weighted by atomic mass is 16.2. The van der Waals surface area contributed by atoms with Crippen molar-refractivity contribution in [2.45, 2.75) is 24.8 Å². The van der Waals surface area contributed by atoms with Gasteiger partial charge in [-0.15, -0.1) is 0 Å². The lowest BCUT2D eigenvalue weighted by Crippen LogP contribution is -2.64.